The molecule has 0 aromatic heterocycles. The number of rotatable bonds is 2. The second kappa shape index (κ2) is 5.39. The van der Waals surface area contributed by atoms with Gasteiger partial charge in [0.1, 0.15) is 5.82 Å². The van der Waals surface area contributed by atoms with Gasteiger partial charge >= 0.3 is 0 Å². The summed E-state index contributed by atoms with van der Waals surface area (Å²) in [5, 5.41) is 1.83. The van der Waals surface area contributed by atoms with Crippen LogP contribution >= 0.6 is 0 Å². The fourth-order valence-electron chi connectivity index (χ4n) is 1.60. The number of benzene rings is 2. The lowest BCUT2D eigenvalue weighted by atomic mass is 10.1. The molecule has 0 heterocycles. The van der Waals surface area contributed by atoms with Crippen LogP contribution in [0.4, 0.5) is 33.3 Å². The van der Waals surface area contributed by atoms with Crippen molar-refractivity contribution in [2.75, 3.05) is 11.1 Å². The van der Waals surface area contributed by atoms with Gasteiger partial charge in [0.15, 0.2) is 23.3 Å². The van der Waals surface area contributed by atoms with Crippen molar-refractivity contribution in [2.24, 2.45) is 0 Å². The van der Waals surface area contributed by atoms with Gasteiger partial charge in [0.2, 0.25) is 0 Å². The summed E-state index contributed by atoms with van der Waals surface area (Å²) in [6, 6.07) is 1.88. The van der Waals surface area contributed by atoms with Crippen molar-refractivity contribution < 1.29 is 26.7 Å². The van der Waals surface area contributed by atoms with Crippen molar-refractivity contribution >= 4 is 17.3 Å². The Morgan fingerprint density at radius 3 is 2.19 bits per heavy atom. The molecule has 3 N–H and O–H groups in total. The number of hydrogen-bond donors (Lipinski definition) is 2. The highest BCUT2D eigenvalue weighted by Gasteiger charge is 2.18. The van der Waals surface area contributed by atoms with Gasteiger partial charge in [0, 0.05) is 23.9 Å². The van der Waals surface area contributed by atoms with Gasteiger partial charge in [-0.3, -0.25) is 4.79 Å². The molecule has 0 saturated heterocycles. The van der Waals surface area contributed by atoms with Gasteiger partial charge in [0.05, 0.1) is 11.3 Å². The lowest BCUT2D eigenvalue weighted by Gasteiger charge is -2.09. The molecule has 0 aliphatic rings. The van der Waals surface area contributed by atoms with Crippen molar-refractivity contribution in [2.45, 2.75) is 0 Å². The Bertz CT molecular complexity index is 733. The maximum Gasteiger partial charge on any atom is 0.257 e. The minimum Gasteiger partial charge on any atom is -0.398 e. The zero-order valence-electron chi connectivity index (χ0n) is 10.2. The molecule has 0 radical (unpaired) electrons. The molecule has 1 amide bonds. The lowest BCUT2D eigenvalue weighted by molar-refractivity contribution is 0.102. The number of amides is 1. The summed E-state index contributed by atoms with van der Waals surface area (Å²) in [4.78, 5) is 11.8. The van der Waals surface area contributed by atoms with Gasteiger partial charge in [0.25, 0.3) is 5.91 Å². The Morgan fingerprint density at radius 1 is 0.905 bits per heavy atom. The molecule has 0 aliphatic heterocycles. The van der Waals surface area contributed by atoms with Crippen molar-refractivity contribution in [1.29, 1.82) is 0 Å². The summed E-state index contributed by atoms with van der Waals surface area (Å²) in [7, 11) is 0. The number of carbonyl (C=O) groups excluding carboxylic acids is 1. The van der Waals surface area contributed by atoms with Gasteiger partial charge in [-0.2, -0.15) is 0 Å². The molecule has 0 saturated carbocycles. The van der Waals surface area contributed by atoms with E-state index in [2.05, 4.69) is 0 Å². The highest BCUT2D eigenvalue weighted by molar-refractivity contribution is 6.07. The van der Waals surface area contributed by atoms with Crippen LogP contribution in [0.3, 0.4) is 0 Å². The molecular formula is C13H7F5N2O. The van der Waals surface area contributed by atoms with Crippen molar-refractivity contribution in [3.05, 3.63) is 58.9 Å². The first-order valence-electron chi connectivity index (χ1n) is 5.50. The van der Waals surface area contributed by atoms with Crippen LogP contribution in [0.15, 0.2) is 24.3 Å². The van der Waals surface area contributed by atoms with Crippen LogP contribution in [0.5, 0.6) is 0 Å². The average Bonchev–Trinajstić information content (AvgIpc) is 2.39. The Kier molecular flexibility index (Phi) is 3.79. The number of nitrogen functional groups attached to an aromatic ring is 1. The minimum absolute atomic E-state index is 0.289. The van der Waals surface area contributed by atoms with Crippen LogP contribution in [-0.2, 0) is 0 Å². The first kappa shape index (κ1) is 14.8. The van der Waals surface area contributed by atoms with Crippen molar-refractivity contribution in [1.82, 2.24) is 0 Å². The number of carbonyl (C=O) groups is 1. The number of nitrogens with two attached hydrogens (primary N) is 1. The molecule has 2 rings (SSSR count). The molecule has 0 unspecified atom stereocenters. The molecule has 0 spiro atoms. The molecule has 0 aliphatic carbocycles. The highest BCUT2D eigenvalue weighted by atomic mass is 19.2. The van der Waals surface area contributed by atoms with E-state index in [1.165, 1.54) is 0 Å². The highest BCUT2D eigenvalue weighted by Crippen LogP contribution is 2.22. The van der Waals surface area contributed by atoms with E-state index in [1.807, 2.05) is 5.32 Å². The minimum atomic E-state index is -1.51. The lowest BCUT2D eigenvalue weighted by Crippen LogP contribution is -2.16. The van der Waals surface area contributed by atoms with Crippen LogP contribution < -0.4 is 11.1 Å². The van der Waals surface area contributed by atoms with Crippen LogP contribution in [0.25, 0.3) is 0 Å². The van der Waals surface area contributed by atoms with E-state index in [9.17, 15) is 26.7 Å². The summed E-state index contributed by atoms with van der Waals surface area (Å²) in [6.07, 6.45) is 0. The van der Waals surface area contributed by atoms with E-state index in [-0.39, 0.29) is 6.07 Å². The Hall–Kier alpha value is -2.64. The fraction of sp³-hybridized carbons (Fsp3) is 0. The molecule has 0 atom stereocenters. The summed E-state index contributed by atoms with van der Waals surface area (Å²) in [5.41, 5.74) is 3.63. The largest absolute Gasteiger partial charge is 0.398 e. The molecule has 3 nitrogen and oxygen atoms in total. The van der Waals surface area contributed by atoms with E-state index < -0.39 is 51.9 Å². The van der Waals surface area contributed by atoms with Gasteiger partial charge < -0.3 is 11.1 Å². The predicted octanol–water partition coefficient (Wildman–Crippen LogP) is 3.22. The smallest absolute Gasteiger partial charge is 0.257 e. The van der Waals surface area contributed by atoms with E-state index in [4.69, 9.17) is 5.73 Å². The fourth-order valence-corrected chi connectivity index (χ4v) is 1.60. The first-order chi connectivity index (χ1) is 9.79. The molecule has 2 aromatic rings. The zero-order valence-corrected chi connectivity index (χ0v) is 10.2. The Balaban J connectivity index is 2.37. The van der Waals surface area contributed by atoms with Crippen LogP contribution in [0.2, 0.25) is 0 Å². The maximum atomic E-state index is 13.4. The second-order valence-corrected chi connectivity index (χ2v) is 4.06. The third kappa shape index (κ3) is 2.93. The summed E-state index contributed by atoms with van der Waals surface area (Å²) < 4.78 is 65.3. The normalized spacial score (nSPS) is 10.5. The summed E-state index contributed by atoms with van der Waals surface area (Å²) in [5.74, 6) is -7.89. The summed E-state index contributed by atoms with van der Waals surface area (Å²) in [6.45, 7) is 0. The monoisotopic (exact) mass is 302 g/mol. The first-order valence-corrected chi connectivity index (χ1v) is 5.50. The van der Waals surface area contributed by atoms with Crippen molar-refractivity contribution in [3.63, 3.8) is 0 Å². The van der Waals surface area contributed by atoms with Gasteiger partial charge in [-0.15, -0.1) is 0 Å². The number of halogens is 5. The topological polar surface area (TPSA) is 55.1 Å². The number of hydrogen-bond acceptors (Lipinski definition) is 2. The number of nitrogens with one attached hydrogen (secondary N) is 1. The summed E-state index contributed by atoms with van der Waals surface area (Å²) >= 11 is 0. The van der Waals surface area contributed by atoms with Crippen LogP contribution in [0.1, 0.15) is 10.4 Å². The van der Waals surface area contributed by atoms with Crippen LogP contribution in [0, 0.1) is 29.1 Å². The van der Waals surface area contributed by atoms with Crippen molar-refractivity contribution in [3.8, 4) is 0 Å². The molecule has 21 heavy (non-hydrogen) atoms. The quantitative estimate of drug-likeness (QED) is 0.508. The van der Waals surface area contributed by atoms with Crippen LogP contribution in [-0.4, -0.2) is 5.91 Å². The SMILES string of the molecule is Nc1cc(F)c(F)cc1C(=O)Nc1cc(F)cc(F)c1F. The number of anilines is 2. The average molecular weight is 302 g/mol. The molecule has 8 heteroatoms. The third-order valence-electron chi connectivity index (χ3n) is 2.58. The van der Waals surface area contributed by atoms with Gasteiger partial charge in [-0.25, -0.2) is 22.0 Å². The van der Waals surface area contributed by atoms with E-state index in [1.54, 1.807) is 0 Å². The zero-order chi connectivity index (χ0) is 15.7. The van der Waals surface area contributed by atoms with Gasteiger partial charge in [-0.05, 0) is 6.07 Å². The Morgan fingerprint density at radius 2 is 1.52 bits per heavy atom. The van der Waals surface area contributed by atoms with E-state index in [0.717, 1.165) is 0 Å². The standard InChI is InChI=1S/C13H7F5N2O/c14-5-1-9(17)12(18)11(2-5)20-13(21)6-3-7(15)8(16)4-10(6)19/h1-4H,19H2,(H,20,21). The molecule has 110 valence electrons. The van der Waals surface area contributed by atoms with Gasteiger partial charge in [-0.1, -0.05) is 0 Å². The van der Waals surface area contributed by atoms with E-state index in [0.29, 0.717) is 18.2 Å². The molecular weight excluding hydrogens is 295 g/mol. The van der Waals surface area contributed by atoms with E-state index >= 15 is 0 Å². The molecule has 0 fully saturated rings. The Labute approximate surface area is 115 Å². The third-order valence-corrected chi connectivity index (χ3v) is 2.58. The predicted molar refractivity (Wildman–Crippen MR) is 65.0 cm³/mol. The molecule has 0 bridgehead atoms. The second-order valence-electron chi connectivity index (χ2n) is 4.06. The molecule has 2 aromatic carbocycles. The maximum absolute atomic E-state index is 13.4.